The highest BCUT2D eigenvalue weighted by molar-refractivity contribution is 7.92. The van der Waals surface area contributed by atoms with E-state index in [0.717, 1.165) is 31.4 Å². The number of halogens is 4. The van der Waals surface area contributed by atoms with Gasteiger partial charge in [-0.1, -0.05) is 29.6 Å². The lowest BCUT2D eigenvalue weighted by molar-refractivity contribution is 0.581. The molecule has 3 heterocycles. The number of nitrogens with zero attached hydrogens (tertiary/aromatic N) is 4. The maximum absolute atomic E-state index is 14.6. The van der Waals surface area contributed by atoms with Crippen molar-refractivity contribution in [2.45, 2.75) is 37.1 Å². The molecule has 12 heteroatoms. The van der Waals surface area contributed by atoms with Gasteiger partial charge in [-0.05, 0) is 31.0 Å². The Morgan fingerprint density at radius 1 is 1.03 bits per heavy atom. The Hall–Kier alpha value is -2.30. The van der Waals surface area contributed by atoms with Gasteiger partial charge >= 0.3 is 0 Å². The number of aromatic nitrogens is 4. The van der Waals surface area contributed by atoms with Gasteiger partial charge in [0.1, 0.15) is 27.5 Å². The van der Waals surface area contributed by atoms with Crippen molar-refractivity contribution in [2.75, 3.05) is 4.72 Å². The Balaban J connectivity index is 1.75. The predicted molar refractivity (Wildman–Crippen MR) is 108 cm³/mol. The Morgan fingerprint density at radius 2 is 1.83 bits per heavy atom. The monoisotopic (exact) mass is 473 g/mol. The van der Waals surface area contributed by atoms with Gasteiger partial charge < -0.3 is 4.57 Å². The summed E-state index contributed by atoms with van der Waals surface area (Å²) in [5.74, 6) is -1.03. The van der Waals surface area contributed by atoms with Crippen molar-refractivity contribution in [3.8, 4) is 11.4 Å². The lowest BCUT2D eigenvalue weighted by Gasteiger charge is -2.13. The summed E-state index contributed by atoms with van der Waals surface area (Å²) >= 11 is 11.6. The summed E-state index contributed by atoms with van der Waals surface area (Å²) in [5.41, 5.74) is -0.515. The van der Waals surface area contributed by atoms with Crippen LogP contribution in [-0.2, 0) is 23.0 Å². The van der Waals surface area contributed by atoms with E-state index in [9.17, 15) is 17.2 Å². The molecule has 0 atom stereocenters. The molecule has 1 aliphatic rings. The smallest absolute Gasteiger partial charge is 0.265 e. The molecule has 1 N–H and O–H groups in total. The fourth-order valence-electron chi connectivity index (χ4n) is 3.28. The quantitative estimate of drug-likeness (QED) is 0.565. The average Bonchev–Trinajstić information content (AvgIpc) is 2.91. The van der Waals surface area contributed by atoms with Crippen LogP contribution in [-0.4, -0.2) is 28.2 Å². The zero-order chi connectivity index (χ0) is 21.5. The fourth-order valence-corrected chi connectivity index (χ4v) is 5.00. The van der Waals surface area contributed by atoms with E-state index >= 15 is 0 Å². The van der Waals surface area contributed by atoms with E-state index in [2.05, 4.69) is 19.9 Å². The van der Waals surface area contributed by atoms with Crippen LogP contribution >= 0.6 is 23.2 Å². The Morgan fingerprint density at radius 3 is 2.60 bits per heavy atom. The summed E-state index contributed by atoms with van der Waals surface area (Å²) in [4.78, 5) is 3.28. The molecule has 3 aromatic rings. The number of fused-ring (bicyclic) bond motifs is 1. The first-order valence-electron chi connectivity index (χ1n) is 9.02. The molecule has 0 radical (unpaired) electrons. The zero-order valence-corrected chi connectivity index (χ0v) is 17.7. The van der Waals surface area contributed by atoms with Crippen LogP contribution < -0.4 is 4.72 Å². The van der Waals surface area contributed by atoms with E-state index in [1.54, 1.807) is 4.57 Å². The van der Waals surface area contributed by atoms with Crippen molar-refractivity contribution in [2.24, 2.45) is 0 Å². The summed E-state index contributed by atoms with van der Waals surface area (Å²) in [6.45, 7) is 0.599. The van der Waals surface area contributed by atoms with E-state index in [1.807, 2.05) is 0 Å². The van der Waals surface area contributed by atoms with Gasteiger partial charge in [-0.15, -0.1) is 10.2 Å². The van der Waals surface area contributed by atoms with Crippen molar-refractivity contribution in [1.82, 2.24) is 19.7 Å². The summed E-state index contributed by atoms with van der Waals surface area (Å²) < 4.78 is 58.2. The van der Waals surface area contributed by atoms with Gasteiger partial charge in [0, 0.05) is 19.0 Å². The molecule has 0 saturated heterocycles. The van der Waals surface area contributed by atoms with Crippen molar-refractivity contribution in [3.63, 3.8) is 0 Å². The first-order valence-corrected chi connectivity index (χ1v) is 11.3. The van der Waals surface area contributed by atoms with Gasteiger partial charge in [0.2, 0.25) is 0 Å². The molecule has 30 heavy (non-hydrogen) atoms. The average molecular weight is 474 g/mol. The molecule has 0 amide bonds. The molecular formula is C18H15Cl2F2N5O2S. The van der Waals surface area contributed by atoms with Crippen LogP contribution in [0.1, 0.15) is 25.1 Å². The number of rotatable bonds is 4. The fraction of sp³-hybridized carbons (Fsp3) is 0.278. The number of sulfonamides is 1. The normalized spacial score (nSPS) is 14.3. The second kappa shape index (κ2) is 8.09. The largest absolute Gasteiger partial charge is 0.311 e. The van der Waals surface area contributed by atoms with Crippen molar-refractivity contribution in [1.29, 1.82) is 0 Å². The molecule has 4 rings (SSSR count). The summed E-state index contributed by atoms with van der Waals surface area (Å²) in [7, 11) is -4.31. The van der Waals surface area contributed by atoms with Crippen LogP contribution in [0.3, 0.4) is 0 Å². The van der Waals surface area contributed by atoms with Crippen LogP contribution in [0.4, 0.5) is 14.5 Å². The maximum Gasteiger partial charge on any atom is 0.265 e. The third-order valence-corrected chi connectivity index (χ3v) is 6.73. The van der Waals surface area contributed by atoms with Crippen LogP contribution in [0.15, 0.2) is 29.2 Å². The van der Waals surface area contributed by atoms with Crippen molar-refractivity contribution in [3.05, 3.63) is 52.0 Å². The lowest BCUT2D eigenvalue weighted by Crippen LogP contribution is -2.15. The summed E-state index contributed by atoms with van der Waals surface area (Å²) in [6, 6.07) is 4.04. The molecule has 2 aromatic heterocycles. The first kappa shape index (κ1) is 21.0. The number of pyridine rings is 1. The van der Waals surface area contributed by atoms with Crippen LogP contribution in [0.5, 0.6) is 0 Å². The van der Waals surface area contributed by atoms with Crippen LogP contribution in [0, 0.1) is 11.6 Å². The second-order valence-corrected chi connectivity index (χ2v) is 9.14. The molecule has 0 saturated carbocycles. The number of hydrogen-bond acceptors (Lipinski definition) is 5. The molecule has 0 aliphatic carbocycles. The van der Waals surface area contributed by atoms with E-state index in [1.165, 1.54) is 6.07 Å². The lowest BCUT2D eigenvalue weighted by atomic mass is 10.1. The minimum Gasteiger partial charge on any atom is -0.311 e. The van der Waals surface area contributed by atoms with Gasteiger partial charge in [-0.3, -0.25) is 4.72 Å². The van der Waals surface area contributed by atoms with Crippen LogP contribution in [0.2, 0.25) is 10.3 Å². The summed E-state index contributed by atoms with van der Waals surface area (Å²) in [5, 5.41) is 7.78. The number of nitrogens with one attached hydrogen (secondary N) is 1. The maximum atomic E-state index is 14.6. The molecule has 0 bridgehead atoms. The van der Waals surface area contributed by atoms with Gasteiger partial charge in [-0.2, -0.15) is 0 Å². The minimum atomic E-state index is -4.31. The number of benzene rings is 1. The van der Waals surface area contributed by atoms with E-state index < -0.39 is 32.2 Å². The van der Waals surface area contributed by atoms with Crippen LogP contribution in [0.25, 0.3) is 11.4 Å². The highest BCUT2D eigenvalue weighted by Gasteiger charge is 2.24. The topological polar surface area (TPSA) is 89.8 Å². The van der Waals surface area contributed by atoms with Gasteiger partial charge in [0.15, 0.2) is 11.0 Å². The minimum absolute atomic E-state index is 0.00157. The number of hydrogen-bond donors (Lipinski definition) is 1. The Bertz CT molecular complexity index is 1230. The third-order valence-electron chi connectivity index (χ3n) is 4.72. The molecule has 0 fully saturated rings. The Labute approximate surface area is 181 Å². The van der Waals surface area contributed by atoms with E-state index in [4.69, 9.17) is 23.2 Å². The highest BCUT2D eigenvalue weighted by atomic mass is 35.5. The molecule has 158 valence electrons. The standard InChI is InChI=1S/C18H15Cl2F2N5O2S/c19-15-6-5-14(17(20)23-15)30(28,29)26-13-8-10(11(21)9-12(13)22)18-25-24-16-4-2-1-3-7-27(16)18/h5-6,8-9,26H,1-4,7H2. The first-order chi connectivity index (χ1) is 14.3. The molecule has 0 spiro atoms. The highest BCUT2D eigenvalue weighted by Crippen LogP contribution is 2.31. The predicted octanol–water partition coefficient (Wildman–Crippen LogP) is 4.45. The molecule has 7 nitrogen and oxygen atoms in total. The summed E-state index contributed by atoms with van der Waals surface area (Å²) in [6.07, 6.45) is 3.54. The zero-order valence-electron chi connectivity index (χ0n) is 15.4. The van der Waals surface area contributed by atoms with Gasteiger partial charge in [-0.25, -0.2) is 22.2 Å². The number of anilines is 1. The van der Waals surface area contributed by atoms with E-state index in [-0.39, 0.29) is 21.7 Å². The molecular weight excluding hydrogens is 459 g/mol. The molecule has 1 aromatic carbocycles. The van der Waals surface area contributed by atoms with Crippen molar-refractivity contribution >= 4 is 38.9 Å². The second-order valence-electron chi connectivity index (χ2n) is 6.74. The van der Waals surface area contributed by atoms with Crippen molar-refractivity contribution < 1.29 is 17.2 Å². The van der Waals surface area contributed by atoms with Gasteiger partial charge in [0.25, 0.3) is 10.0 Å². The van der Waals surface area contributed by atoms with E-state index in [0.29, 0.717) is 24.9 Å². The van der Waals surface area contributed by atoms with Gasteiger partial charge in [0.05, 0.1) is 11.3 Å². The SMILES string of the molecule is O=S(=O)(Nc1cc(-c2nnc3n2CCCCC3)c(F)cc1F)c1ccc(Cl)nc1Cl. The number of aryl methyl sites for hydroxylation is 1. The third kappa shape index (κ3) is 3.99. The Kier molecular flexibility index (Phi) is 5.65. The molecule has 0 unspecified atom stereocenters. The molecule has 1 aliphatic heterocycles.